The Morgan fingerprint density at radius 2 is 1.74 bits per heavy atom. The van der Waals surface area contributed by atoms with Crippen LogP contribution in [0.2, 0.25) is 0 Å². The lowest BCUT2D eigenvalue weighted by Crippen LogP contribution is -2.04. The van der Waals surface area contributed by atoms with Crippen LogP contribution in [0.3, 0.4) is 0 Å². The summed E-state index contributed by atoms with van der Waals surface area (Å²) in [5.74, 6) is -0.194. The van der Waals surface area contributed by atoms with E-state index in [1.165, 1.54) is 19.1 Å². The third-order valence-corrected chi connectivity index (χ3v) is 3.82. The summed E-state index contributed by atoms with van der Waals surface area (Å²) >= 11 is 0. The Labute approximate surface area is 113 Å². The monoisotopic (exact) mass is 282 g/mol. The van der Waals surface area contributed by atoms with Crippen LogP contribution in [-0.4, -0.2) is 25.6 Å². The van der Waals surface area contributed by atoms with Crippen LogP contribution in [0.4, 0.5) is 0 Å². The van der Waals surface area contributed by atoms with Crippen LogP contribution in [-0.2, 0) is 14.6 Å². The van der Waals surface area contributed by atoms with Gasteiger partial charge >= 0.3 is 0 Å². The van der Waals surface area contributed by atoms with Gasteiger partial charge in [0, 0.05) is 12.7 Å². The largest absolute Gasteiger partial charge is 0.512 e. The summed E-state index contributed by atoms with van der Waals surface area (Å²) in [6.07, 6.45) is 2.16. The van der Waals surface area contributed by atoms with Gasteiger partial charge < -0.3 is 5.11 Å². The lowest BCUT2D eigenvalue weighted by atomic mass is 9.98. The van der Waals surface area contributed by atoms with Gasteiger partial charge in [-0.05, 0) is 31.0 Å². The average molecular weight is 282 g/mol. The molecule has 1 aromatic rings. The number of hydrogen-bond donors (Lipinski definition) is 1. The van der Waals surface area contributed by atoms with E-state index in [9.17, 15) is 18.3 Å². The molecule has 0 unspecified atom stereocenters. The molecule has 0 aromatic heterocycles. The van der Waals surface area contributed by atoms with Gasteiger partial charge in [-0.1, -0.05) is 19.1 Å². The maximum atomic E-state index is 11.9. The van der Waals surface area contributed by atoms with Crippen LogP contribution in [0.15, 0.2) is 34.9 Å². The fourth-order valence-electron chi connectivity index (χ4n) is 1.79. The molecule has 0 aliphatic rings. The minimum absolute atomic E-state index is 0.0504. The first-order chi connectivity index (χ1) is 8.77. The molecule has 0 fully saturated rings. The fraction of sp³-hybridized carbons (Fsp3) is 0.357. The number of carbonyl (C=O) groups is 1. The molecular formula is C14H18O4S. The van der Waals surface area contributed by atoms with Gasteiger partial charge in [-0.2, -0.15) is 0 Å². The molecule has 0 spiro atoms. The molecule has 0 radical (unpaired) electrons. The smallest absolute Gasteiger partial charge is 0.175 e. The first-order valence-electron chi connectivity index (χ1n) is 6.01. The predicted octanol–water partition coefficient (Wildman–Crippen LogP) is 2.75. The van der Waals surface area contributed by atoms with Crippen molar-refractivity contribution < 1.29 is 18.3 Å². The molecule has 0 aliphatic heterocycles. The van der Waals surface area contributed by atoms with E-state index in [2.05, 4.69) is 0 Å². The summed E-state index contributed by atoms with van der Waals surface area (Å²) in [4.78, 5) is 12.1. The molecule has 0 saturated heterocycles. The number of ketones is 1. The third-order valence-electron chi connectivity index (χ3n) is 2.69. The standard InChI is InChI=1S/C14H18O4S/c1-4-5-13(16)14(10(2)15)11-6-8-12(9-7-11)19(3,17)18/h6-9,15H,4-5H2,1-3H3. The lowest BCUT2D eigenvalue weighted by Gasteiger charge is -2.08. The maximum absolute atomic E-state index is 11.9. The van der Waals surface area contributed by atoms with Gasteiger partial charge in [0.25, 0.3) is 0 Å². The van der Waals surface area contributed by atoms with Gasteiger partial charge in [-0.25, -0.2) is 8.42 Å². The second-order valence-corrected chi connectivity index (χ2v) is 6.45. The van der Waals surface area contributed by atoms with Gasteiger partial charge in [-0.15, -0.1) is 0 Å². The Balaban J connectivity index is 3.21. The van der Waals surface area contributed by atoms with Gasteiger partial charge in [0.05, 0.1) is 10.5 Å². The van der Waals surface area contributed by atoms with E-state index in [0.717, 1.165) is 6.26 Å². The van der Waals surface area contributed by atoms with E-state index >= 15 is 0 Å². The van der Waals surface area contributed by atoms with Crippen LogP contribution < -0.4 is 0 Å². The van der Waals surface area contributed by atoms with Gasteiger partial charge in [-0.3, -0.25) is 4.79 Å². The number of allylic oxidation sites excluding steroid dienone is 2. The molecule has 0 aliphatic carbocycles. The van der Waals surface area contributed by atoms with Crippen LogP contribution in [0.5, 0.6) is 0 Å². The number of hydrogen-bond acceptors (Lipinski definition) is 4. The number of sulfone groups is 1. The van der Waals surface area contributed by atoms with Gasteiger partial charge in [0.15, 0.2) is 15.6 Å². The number of carbonyl (C=O) groups excluding carboxylic acids is 1. The van der Waals surface area contributed by atoms with E-state index in [1.807, 2.05) is 6.92 Å². The van der Waals surface area contributed by atoms with Crippen LogP contribution >= 0.6 is 0 Å². The van der Waals surface area contributed by atoms with Crippen molar-refractivity contribution in [1.29, 1.82) is 0 Å². The Bertz CT molecular complexity index is 591. The molecule has 0 bridgehead atoms. The summed E-state index contributed by atoms with van der Waals surface area (Å²) in [7, 11) is -3.26. The summed E-state index contributed by atoms with van der Waals surface area (Å²) in [5.41, 5.74) is 0.785. The third kappa shape index (κ3) is 3.92. The molecular weight excluding hydrogens is 264 g/mol. The zero-order valence-corrected chi connectivity index (χ0v) is 12.1. The zero-order valence-electron chi connectivity index (χ0n) is 11.3. The predicted molar refractivity (Wildman–Crippen MR) is 74.7 cm³/mol. The summed E-state index contributed by atoms with van der Waals surface area (Å²) < 4.78 is 22.7. The van der Waals surface area contributed by atoms with E-state index in [-0.39, 0.29) is 22.0 Å². The molecule has 0 saturated carbocycles. The minimum Gasteiger partial charge on any atom is -0.512 e. The molecule has 0 amide bonds. The van der Waals surface area contributed by atoms with Crippen molar-refractivity contribution in [3.05, 3.63) is 35.6 Å². The van der Waals surface area contributed by atoms with Crippen LogP contribution in [0, 0.1) is 0 Å². The van der Waals surface area contributed by atoms with Crippen molar-refractivity contribution in [2.45, 2.75) is 31.6 Å². The van der Waals surface area contributed by atoms with Gasteiger partial charge in [0.2, 0.25) is 0 Å². The number of aliphatic hydroxyl groups is 1. The highest BCUT2D eigenvalue weighted by Crippen LogP contribution is 2.22. The van der Waals surface area contributed by atoms with E-state index in [1.54, 1.807) is 12.1 Å². The molecule has 5 heteroatoms. The molecule has 4 nitrogen and oxygen atoms in total. The summed E-state index contributed by atoms with van der Waals surface area (Å²) in [5, 5.41) is 9.63. The molecule has 1 aromatic carbocycles. The van der Waals surface area contributed by atoms with Gasteiger partial charge in [0.1, 0.15) is 5.76 Å². The van der Waals surface area contributed by atoms with Crippen molar-refractivity contribution in [3.63, 3.8) is 0 Å². The van der Waals surface area contributed by atoms with Crippen molar-refractivity contribution in [3.8, 4) is 0 Å². The highest BCUT2D eigenvalue weighted by atomic mass is 32.2. The Morgan fingerprint density at radius 3 is 2.11 bits per heavy atom. The normalized spacial score (nSPS) is 13.0. The van der Waals surface area contributed by atoms with Crippen LogP contribution in [0.1, 0.15) is 32.3 Å². The van der Waals surface area contributed by atoms with E-state index in [4.69, 9.17) is 0 Å². The fourth-order valence-corrected chi connectivity index (χ4v) is 2.42. The Hall–Kier alpha value is -1.62. The summed E-state index contributed by atoms with van der Waals surface area (Å²) in [6, 6.07) is 5.96. The average Bonchev–Trinajstić information content (AvgIpc) is 2.28. The molecule has 0 atom stereocenters. The second-order valence-electron chi connectivity index (χ2n) is 4.43. The van der Waals surface area contributed by atoms with E-state index < -0.39 is 9.84 Å². The lowest BCUT2D eigenvalue weighted by molar-refractivity contribution is -0.113. The Morgan fingerprint density at radius 1 is 1.21 bits per heavy atom. The molecule has 1 N–H and O–H groups in total. The van der Waals surface area contributed by atoms with Crippen LogP contribution in [0.25, 0.3) is 5.57 Å². The SMILES string of the molecule is CCCC(=O)C(=C(C)O)c1ccc(S(C)(=O)=O)cc1. The molecule has 104 valence electrons. The number of Topliss-reactive ketones (excluding diaryl/α,β-unsaturated/α-hetero) is 1. The Kier molecular flexibility index (Phi) is 4.89. The first kappa shape index (κ1) is 15.4. The minimum atomic E-state index is -3.26. The number of aliphatic hydroxyl groups excluding tert-OH is 1. The number of rotatable bonds is 5. The maximum Gasteiger partial charge on any atom is 0.175 e. The zero-order chi connectivity index (χ0) is 14.6. The van der Waals surface area contributed by atoms with Crippen molar-refractivity contribution in [2.75, 3.05) is 6.26 Å². The topological polar surface area (TPSA) is 71.4 Å². The first-order valence-corrected chi connectivity index (χ1v) is 7.90. The molecule has 0 heterocycles. The van der Waals surface area contributed by atoms with Crippen molar-refractivity contribution in [1.82, 2.24) is 0 Å². The summed E-state index contributed by atoms with van der Waals surface area (Å²) in [6.45, 7) is 3.34. The quantitative estimate of drug-likeness (QED) is 0.666. The highest BCUT2D eigenvalue weighted by molar-refractivity contribution is 7.90. The molecule has 19 heavy (non-hydrogen) atoms. The van der Waals surface area contributed by atoms with Crippen molar-refractivity contribution in [2.24, 2.45) is 0 Å². The van der Waals surface area contributed by atoms with E-state index in [0.29, 0.717) is 18.4 Å². The molecule has 1 rings (SSSR count). The second kappa shape index (κ2) is 6.02. The highest BCUT2D eigenvalue weighted by Gasteiger charge is 2.15. The number of benzene rings is 1. The van der Waals surface area contributed by atoms with Crippen molar-refractivity contribution >= 4 is 21.2 Å².